The molecule has 42 heavy (non-hydrogen) atoms. The number of carbonyl (C=O) groups excluding carboxylic acids is 3. The van der Waals surface area contributed by atoms with Crippen molar-refractivity contribution in [2.75, 3.05) is 19.3 Å². The fraction of sp³-hybridized carbons (Fsp3) is 0.452. The molecule has 4 aliphatic rings. The van der Waals surface area contributed by atoms with Crippen molar-refractivity contribution in [3.63, 3.8) is 0 Å². The van der Waals surface area contributed by atoms with Gasteiger partial charge >= 0.3 is 0 Å². The van der Waals surface area contributed by atoms with Crippen LogP contribution < -0.4 is 10.6 Å². The summed E-state index contributed by atoms with van der Waals surface area (Å²) < 4.78 is 38.4. The first-order chi connectivity index (χ1) is 20.0. The van der Waals surface area contributed by atoms with Crippen molar-refractivity contribution in [3.05, 3.63) is 70.9 Å². The summed E-state index contributed by atoms with van der Waals surface area (Å²) in [6.45, 7) is 0.732. The van der Waals surface area contributed by atoms with Crippen LogP contribution in [0.4, 0.5) is 4.39 Å². The highest BCUT2D eigenvalue weighted by atomic mass is 32.2. The predicted molar refractivity (Wildman–Crippen MR) is 153 cm³/mol. The lowest BCUT2D eigenvalue weighted by molar-refractivity contribution is -0.152. The van der Waals surface area contributed by atoms with Gasteiger partial charge < -0.3 is 20.6 Å². The van der Waals surface area contributed by atoms with E-state index in [0.29, 0.717) is 30.5 Å². The Morgan fingerprint density at radius 3 is 2.36 bits per heavy atom. The van der Waals surface area contributed by atoms with Crippen LogP contribution in [0.15, 0.2) is 59.8 Å². The average molecular weight is 596 g/mol. The molecule has 222 valence electrons. The number of aliphatic hydroxyl groups is 1. The molecule has 2 aliphatic carbocycles. The minimum atomic E-state index is -4.17. The molecule has 2 saturated heterocycles. The van der Waals surface area contributed by atoms with E-state index >= 15 is 0 Å². The largest absolute Gasteiger partial charge is 0.372 e. The molecule has 0 spiro atoms. The number of carbonyl (C=O) groups is 3. The average Bonchev–Trinajstić information content (AvgIpc) is 3.72. The normalized spacial score (nSPS) is 26.8. The van der Waals surface area contributed by atoms with Gasteiger partial charge in [-0.05, 0) is 54.7 Å². The molecular formula is C31H34FN3O6S. The van der Waals surface area contributed by atoms with Crippen LogP contribution in [-0.4, -0.2) is 67.6 Å². The Morgan fingerprint density at radius 1 is 1.12 bits per heavy atom. The summed E-state index contributed by atoms with van der Waals surface area (Å²) in [7, 11) is -4.17. The first kappa shape index (κ1) is 28.5. The zero-order chi connectivity index (χ0) is 29.8. The number of nitrogens with one attached hydrogen (secondary N) is 2. The predicted octanol–water partition coefficient (Wildman–Crippen LogP) is 2.40. The van der Waals surface area contributed by atoms with Gasteiger partial charge in [0.25, 0.3) is 5.91 Å². The van der Waals surface area contributed by atoms with Gasteiger partial charge in [0.15, 0.2) is 5.60 Å². The third-order valence-corrected chi connectivity index (χ3v) is 10.2. The highest BCUT2D eigenvalue weighted by Crippen LogP contribution is 2.50. The number of rotatable bonds is 7. The second-order valence-corrected chi connectivity index (χ2v) is 13.9. The Bertz CT molecular complexity index is 1540. The summed E-state index contributed by atoms with van der Waals surface area (Å²) in [6.07, 6.45) is 4.50. The Balaban J connectivity index is 1.34. The highest BCUT2D eigenvalue weighted by molar-refractivity contribution is 7.94. The number of nitrogens with zero attached hydrogens (tertiary/aromatic N) is 1. The Kier molecular flexibility index (Phi) is 7.21. The Hall–Kier alpha value is -3.57. The number of halogens is 1. The van der Waals surface area contributed by atoms with Gasteiger partial charge in [-0.3, -0.25) is 14.4 Å². The van der Waals surface area contributed by atoms with Crippen LogP contribution in [0.3, 0.4) is 0 Å². The van der Waals surface area contributed by atoms with Crippen LogP contribution in [0, 0.1) is 17.8 Å². The number of sulfone groups is 1. The molecule has 9 nitrogen and oxygen atoms in total. The van der Waals surface area contributed by atoms with Gasteiger partial charge in [0.2, 0.25) is 26.8 Å². The minimum Gasteiger partial charge on any atom is -0.372 e. The molecule has 2 aromatic carbocycles. The second kappa shape index (κ2) is 10.6. The summed E-state index contributed by atoms with van der Waals surface area (Å²) in [4.78, 5) is 42.2. The summed E-state index contributed by atoms with van der Waals surface area (Å²) in [6, 6.07) is 12.3. The number of amides is 3. The van der Waals surface area contributed by atoms with E-state index in [0.717, 1.165) is 36.3 Å². The van der Waals surface area contributed by atoms with Gasteiger partial charge in [0.1, 0.15) is 6.04 Å². The van der Waals surface area contributed by atoms with E-state index in [1.807, 2.05) is 24.3 Å². The lowest BCUT2D eigenvalue weighted by Gasteiger charge is -2.34. The van der Waals surface area contributed by atoms with Crippen molar-refractivity contribution >= 4 is 27.6 Å². The number of hydrogen-bond donors (Lipinski definition) is 3. The van der Waals surface area contributed by atoms with Crippen LogP contribution in [0.2, 0.25) is 0 Å². The van der Waals surface area contributed by atoms with Gasteiger partial charge in [-0.15, -0.1) is 0 Å². The maximum Gasteiger partial charge on any atom is 0.264 e. The van der Waals surface area contributed by atoms with Gasteiger partial charge in [0, 0.05) is 36.4 Å². The van der Waals surface area contributed by atoms with Crippen LogP contribution in [-0.2, 0) is 29.8 Å². The lowest BCUT2D eigenvalue weighted by atomic mass is 9.88. The van der Waals surface area contributed by atoms with E-state index < -0.39 is 50.4 Å². The monoisotopic (exact) mass is 595 g/mol. The molecule has 6 rings (SSSR count). The fourth-order valence-electron chi connectivity index (χ4n) is 7.40. The summed E-state index contributed by atoms with van der Waals surface area (Å²) in [5.41, 5.74) is 0.418. The van der Waals surface area contributed by atoms with Crippen molar-refractivity contribution < 1.29 is 32.3 Å². The van der Waals surface area contributed by atoms with Crippen LogP contribution in [0.1, 0.15) is 43.2 Å². The van der Waals surface area contributed by atoms with Gasteiger partial charge in [-0.1, -0.05) is 55.0 Å². The maximum absolute atomic E-state index is 14.6. The smallest absolute Gasteiger partial charge is 0.264 e. The molecule has 3 fully saturated rings. The SMILES string of the molecule is CS(=O)(=O)/C(F)=C\[C@@H](C[C@H]1CCNC1=O)NC(=O)[C@H]1[C@@H]2CCC[C@@H]2CN1C(=O)C1(O)c2ccccc2-c2ccccc21. The van der Waals surface area contributed by atoms with E-state index in [9.17, 15) is 32.3 Å². The quantitative estimate of drug-likeness (QED) is 0.451. The van der Waals surface area contributed by atoms with Crippen molar-refractivity contribution in [1.29, 1.82) is 0 Å². The molecule has 11 heteroatoms. The van der Waals surface area contributed by atoms with Crippen LogP contribution in [0.25, 0.3) is 11.1 Å². The molecule has 0 aromatic heterocycles. The minimum absolute atomic E-state index is 0.0139. The van der Waals surface area contributed by atoms with Gasteiger partial charge in [-0.2, -0.15) is 4.39 Å². The molecular weight excluding hydrogens is 561 g/mol. The number of likely N-dealkylation sites (tertiary alicyclic amines) is 1. The van der Waals surface area contributed by atoms with E-state index in [2.05, 4.69) is 10.6 Å². The Morgan fingerprint density at radius 2 is 1.76 bits per heavy atom. The van der Waals surface area contributed by atoms with E-state index in [4.69, 9.17) is 0 Å². The van der Waals surface area contributed by atoms with Crippen LogP contribution >= 0.6 is 0 Å². The first-order valence-corrected chi connectivity index (χ1v) is 16.3. The molecule has 3 N–H and O–H groups in total. The second-order valence-electron chi connectivity index (χ2n) is 11.9. The standard InChI is InChI=1S/C31H34FN3O6S/c1-42(40,41)26(32)16-20(15-18-13-14-33-28(18)36)34-29(37)27-21-10-6-7-19(21)17-35(27)30(38)31(39)24-11-4-2-8-22(24)23-9-3-5-12-25(23)31/h2-5,8-9,11-12,16,18-21,27,39H,6-7,10,13-15,17H2,1H3,(H,33,36)(H,34,37)/b26-16-/t18-,19-,20-,21-,27-/m1/s1. The third kappa shape index (κ3) is 4.72. The van der Waals surface area contributed by atoms with E-state index in [-0.39, 0.29) is 30.7 Å². The number of hydrogen-bond acceptors (Lipinski definition) is 6. The van der Waals surface area contributed by atoms with E-state index in [1.54, 1.807) is 24.3 Å². The summed E-state index contributed by atoms with van der Waals surface area (Å²) in [5, 5.41) is 16.3. The zero-order valence-corrected chi connectivity index (χ0v) is 24.1. The lowest BCUT2D eigenvalue weighted by Crippen LogP contribution is -2.55. The summed E-state index contributed by atoms with van der Waals surface area (Å²) in [5.74, 6) is -2.02. The molecule has 1 saturated carbocycles. The number of fused-ring (bicyclic) bond motifs is 4. The molecule has 2 heterocycles. The number of benzene rings is 2. The molecule has 3 amide bonds. The molecule has 0 radical (unpaired) electrons. The zero-order valence-electron chi connectivity index (χ0n) is 23.3. The fourth-order valence-corrected chi connectivity index (χ4v) is 7.81. The third-order valence-electron chi connectivity index (χ3n) is 9.37. The maximum atomic E-state index is 14.6. The Labute approximate surface area is 244 Å². The highest BCUT2D eigenvalue weighted by Gasteiger charge is 2.56. The van der Waals surface area contributed by atoms with Gasteiger partial charge in [-0.25, -0.2) is 8.42 Å². The van der Waals surface area contributed by atoms with Crippen molar-refractivity contribution in [1.82, 2.24) is 15.5 Å². The van der Waals surface area contributed by atoms with Crippen LogP contribution in [0.5, 0.6) is 0 Å². The topological polar surface area (TPSA) is 133 Å². The van der Waals surface area contributed by atoms with Crippen molar-refractivity contribution in [2.24, 2.45) is 17.8 Å². The van der Waals surface area contributed by atoms with Gasteiger partial charge in [0.05, 0.1) is 6.04 Å². The van der Waals surface area contributed by atoms with E-state index in [1.165, 1.54) is 4.90 Å². The molecule has 2 aliphatic heterocycles. The molecule has 0 unspecified atom stereocenters. The van der Waals surface area contributed by atoms with Crippen molar-refractivity contribution in [2.45, 2.75) is 49.8 Å². The molecule has 0 bridgehead atoms. The molecule has 5 atom stereocenters. The first-order valence-electron chi connectivity index (χ1n) is 14.4. The van der Waals surface area contributed by atoms with Crippen molar-refractivity contribution in [3.8, 4) is 11.1 Å². The molecule has 2 aromatic rings. The summed E-state index contributed by atoms with van der Waals surface area (Å²) >= 11 is 0.